The number of aryl methyl sites for hydroxylation is 1. The number of nitrogens with one attached hydrogen (secondary N) is 1. The summed E-state index contributed by atoms with van der Waals surface area (Å²) in [4.78, 5) is 14.6. The number of amides is 1. The third-order valence-corrected chi connectivity index (χ3v) is 7.63. The standard InChI is InChI=1S/C23H30FN3O3S/c1-18(11-12-20-7-4-3-5-8-20)25-23(28)19(2)26-13-15-27(16-14-26)31(29,30)22-10-6-9-21(24)17-22/h3-10,17-19H,11-16H2,1-2H3,(H,25,28)/t18-,19+/m0/s1. The quantitative estimate of drug-likeness (QED) is 0.676. The van der Waals surface area contributed by atoms with E-state index in [4.69, 9.17) is 0 Å². The lowest BCUT2D eigenvalue weighted by molar-refractivity contribution is -0.127. The van der Waals surface area contributed by atoms with Crippen LogP contribution in [0.25, 0.3) is 0 Å². The lowest BCUT2D eigenvalue weighted by atomic mass is 10.1. The Morgan fingerprint density at radius 1 is 1.03 bits per heavy atom. The molecule has 1 saturated heterocycles. The molecular weight excluding hydrogens is 417 g/mol. The van der Waals surface area contributed by atoms with Gasteiger partial charge in [0, 0.05) is 32.2 Å². The highest BCUT2D eigenvalue weighted by molar-refractivity contribution is 7.89. The molecule has 0 bridgehead atoms. The SMILES string of the molecule is C[C@H](C(=O)N[C@@H](C)CCc1ccccc1)N1CCN(S(=O)(=O)c2cccc(F)c2)CC1. The van der Waals surface area contributed by atoms with Crippen LogP contribution in [-0.4, -0.2) is 61.8 Å². The van der Waals surface area contributed by atoms with E-state index in [1.54, 1.807) is 0 Å². The van der Waals surface area contributed by atoms with Crippen molar-refractivity contribution in [2.45, 2.75) is 43.7 Å². The van der Waals surface area contributed by atoms with E-state index >= 15 is 0 Å². The molecule has 6 nitrogen and oxygen atoms in total. The molecule has 0 radical (unpaired) electrons. The molecule has 0 aliphatic carbocycles. The topological polar surface area (TPSA) is 69.7 Å². The Bertz CT molecular complexity index is 977. The molecule has 8 heteroatoms. The molecular formula is C23H30FN3O3S. The third kappa shape index (κ3) is 6.12. The number of benzene rings is 2. The lowest BCUT2D eigenvalue weighted by Gasteiger charge is -2.37. The highest BCUT2D eigenvalue weighted by atomic mass is 32.2. The molecule has 0 spiro atoms. The first-order valence-electron chi connectivity index (χ1n) is 10.6. The highest BCUT2D eigenvalue weighted by Gasteiger charge is 2.32. The van der Waals surface area contributed by atoms with Crippen molar-refractivity contribution in [3.05, 3.63) is 66.0 Å². The van der Waals surface area contributed by atoms with Crippen molar-refractivity contribution in [2.24, 2.45) is 0 Å². The van der Waals surface area contributed by atoms with Gasteiger partial charge in [-0.15, -0.1) is 0 Å². The highest BCUT2D eigenvalue weighted by Crippen LogP contribution is 2.19. The van der Waals surface area contributed by atoms with Gasteiger partial charge in [0.25, 0.3) is 0 Å². The smallest absolute Gasteiger partial charge is 0.243 e. The third-order valence-electron chi connectivity index (χ3n) is 5.73. The Hall–Kier alpha value is -2.29. The van der Waals surface area contributed by atoms with E-state index in [9.17, 15) is 17.6 Å². The number of sulfonamides is 1. The van der Waals surface area contributed by atoms with Crippen molar-refractivity contribution in [2.75, 3.05) is 26.2 Å². The molecule has 1 N–H and O–H groups in total. The molecule has 1 heterocycles. The van der Waals surface area contributed by atoms with E-state index in [1.807, 2.05) is 36.9 Å². The molecule has 2 aromatic rings. The largest absolute Gasteiger partial charge is 0.352 e. The van der Waals surface area contributed by atoms with Crippen LogP contribution in [0.5, 0.6) is 0 Å². The molecule has 2 atom stereocenters. The number of hydrogen-bond acceptors (Lipinski definition) is 4. The number of carbonyl (C=O) groups excluding carboxylic acids is 1. The van der Waals surface area contributed by atoms with Gasteiger partial charge in [-0.3, -0.25) is 9.69 Å². The van der Waals surface area contributed by atoms with Crippen molar-refractivity contribution < 1.29 is 17.6 Å². The summed E-state index contributed by atoms with van der Waals surface area (Å²) in [6.45, 7) is 5.26. The zero-order valence-corrected chi connectivity index (χ0v) is 18.8. The normalized spacial score (nSPS) is 17.8. The Labute approximate surface area is 184 Å². The summed E-state index contributed by atoms with van der Waals surface area (Å²) in [6.07, 6.45) is 1.75. The second-order valence-electron chi connectivity index (χ2n) is 8.01. The van der Waals surface area contributed by atoms with Gasteiger partial charge in [-0.2, -0.15) is 4.31 Å². The Balaban J connectivity index is 1.49. The summed E-state index contributed by atoms with van der Waals surface area (Å²) in [5, 5.41) is 3.07. The van der Waals surface area contributed by atoms with Crippen LogP contribution in [0.15, 0.2) is 59.5 Å². The van der Waals surface area contributed by atoms with Crippen molar-refractivity contribution in [3.63, 3.8) is 0 Å². The predicted molar refractivity (Wildman–Crippen MR) is 119 cm³/mol. The van der Waals surface area contributed by atoms with Gasteiger partial charge in [0.1, 0.15) is 5.82 Å². The van der Waals surface area contributed by atoms with E-state index in [0.717, 1.165) is 18.9 Å². The van der Waals surface area contributed by atoms with E-state index < -0.39 is 15.8 Å². The number of nitrogens with zero attached hydrogens (tertiary/aromatic N) is 2. The maximum absolute atomic E-state index is 13.4. The van der Waals surface area contributed by atoms with Gasteiger partial charge in [-0.25, -0.2) is 12.8 Å². The monoisotopic (exact) mass is 447 g/mol. The van der Waals surface area contributed by atoms with Crippen LogP contribution in [-0.2, 0) is 21.2 Å². The molecule has 31 heavy (non-hydrogen) atoms. The van der Waals surface area contributed by atoms with Gasteiger partial charge in [-0.05, 0) is 50.5 Å². The molecule has 0 unspecified atom stereocenters. The van der Waals surface area contributed by atoms with Crippen LogP contribution in [0.4, 0.5) is 4.39 Å². The zero-order chi connectivity index (χ0) is 22.4. The van der Waals surface area contributed by atoms with E-state index in [-0.39, 0.29) is 36.0 Å². The molecule has 0 aromatic heterocycles. The number of carbonyl (C=O) groups is 1. The molecule has 168 valence electrons. The fourth-order valence-corrected chi connectivity index (χ4v) is 5.19. The molecule has 3 rings (SSSR count). The first-order chi connectivity index (χ1) is 14.8. The maximum atomic E-state index is 13.4. The van der Waals surface area contributed by atoms with Crippen molar-refractivity contribution in [3.8, 4) is 0 Å². The Morgan fingerprint density at radius 3 is 2.35 bits per heavy atom. The van der Waals surface area contributed by atoms with Gasteiger partial charge in [0.05, 0.1) is 10.9 Å². The second kappa shape index (κ2) is 10.3. The van der Waals surface area contributed by atoms with Crippen molar-refractivity contribution in [1.29, 1.82) is 0 Å². The van der Waals surface area contributed by atoms with Crippen LogP contribution in [0.3, 0.4) is 0 Å². The Kier molecular flexibility index (Phi) is 7.80. The van der Waals surface area contributed by atoms with Gasteiger partial charge >= 0.3 is 0 Å². The van der Waals surface area contributed by atoms with Crippen LogP contribution < -0.4 is 5.32 Å². The van der Waals surface area contributed by atoms with Crippen molar-refractivity contribution >= 4 is 15.9 Å². The predicted octanol–water partition coefficient (Wildman–Crippen LogP) is 2.66. The number of piperazine rings is 1. The molecule has 2 aromatic carbocycles. The molecule has 0 saturated carbocycles. The average Bonchev–Trinajstić information content (AvgIpc) is 2.78. The second-order valence-corrected chi connectivity index (χ2v) is 9.95. The fourth-order valence-electron chi connectivity index (χ4n) is 3.74. The average molecular weight is 448 g/mol. The fraction of sp³-hybridized carbons (Fsp3) is 0.435. The molecule has 1 aliphatic heterocycles. The van der Waals surface area contributed by atoms with Gasteiger partial charge in [-0.1, -0.05) is 36.4 Å². The maximum Gasteiger partial charge on any atom is 0.243 e. The zero-order valence-electron chi connectivity index (χ0n) is 18.0. The minimum Gasteiger partial charge on any atom is -0.352 e. The van der Waals surface area contributed by atoms with Crippen LogP contribution >= 0.6 is 0 Å². The van der Waals surface area contributed by atoms with E-state index in [1.165, 1.54) is 28.1 Å². The van der Waals surface area contributed by atoms with E-state index in [2.05, 4.69) is 17.4 Å². The molecule has 1 aliphatic rings. The number of rotatable bonds is 8. The summed E-state index contributed by atoms with van der Waals surface area (Å²) in [6, 6.07) is 14.9. The first kappa shape index (κ1) is 23.4. The number of hydrogen-bond donors (Lipinski definition) is 1. The van der Waals surface area contributed by atoms with Crippen LogP contribution in [0.2, 0.25) is 0 Å². The van der Waals surface area contributed by atoms with Gasteiger partial charge < -0.3 is 5.32 Å². The first-order valence-corrected chi connectivity index (χ1v) is 12.1. The van der Waals surface area contributed by atoms with Crippen LogP contribution in [0.1, 0.15) is 25.8 Å². The van der Waals surface area contributed by atoms with Crippen molar-refractivity contribution in [1.82, 2.24) is 14.5 Å². The lowest BCUT2D eigenvalue weighted by Crippen LogP contribution is -2.55. The Morgan fingerprint density at radius 2 is 1.71 bits per heavy atom. The summed E-state index contributed by atoms with van der Waals surface area (Å²) < 4.78 is 40.3. The summed E-state index contributed by atoms with van der Waals surface area (Å²) >= 11 is 0. The molecule has 1 fully saturated rings. The minimum atomic E-state index is -3.74. The summed E-state index contributed by atoms with van der Waals surface area (Å²) in [5.74, 6) is -0.631. The summed E-state index contributed by atoms with van der Waals surface area (Å²) in [7, 11) is -3.74. The minimum absolute atomic E-state index is 0.0426. The van der Waals surface area contributed by atoms with E-state index in [0.29, 0.717) is 13.1 Å². The van der Waals surface area contributed by atoms with Gasteiger partial charge in [0.2, 0.25) is 15.9 Å². The van der Waals surface area contributed by atoms with Crippen LogP contribution in [0, 0.1) is 5.82 Å². The summed E-state index contributed by atoms with van der Waals surface area (Å²) in [5.41, 5.74) is 1.24. The van der Waals surface area contributed by atoms with Gasteiger partial charge in [0.15, 0.2) is 0 Å². The molecule has 1 amide bonds. The number of halogens is 1.